The van der Waals surface area contributed by atoms with Crippen molar-refractivity contribution in [3.8, 4) is 0 Å². The number of benzene rings is 1. The van der Waals surface area contributed by atoms with Crippen LogP contribution in [0.15, 0.2) is 24.3 Å². The summed E-state index contributed by atoms with van der Waals surface area (Å²) in [5, 5.41) is 0. The lowest BCUT2D eigenvalue weighted by molar-refractivity contribution is -0.143. The summed E-state index contributed by atoms with van der Waals surface area (Å²) in [4.78, 5) is 17.0. The molecule has 2 aliphatic heterocycles. The van der Waals surface area contributed by atoms with Crippen LogP contribution < -0.4 is 4.90 Å². The first kappa shape index (κ1) is 17.2. The molecule has 2 saturated heterocycles. The lowest BCUT2D eigenvalue weighted by atomic mass is 9.94. The minimum absolute atomic E-state index is 0.0145. The van der Waals surface area contributed by atoms with Gasteiger partial charge in [-0.15, -0.1) is 0 Å². The smallest absolute Gasteiger partial charge is 0.228 e. The number of morpholine rings is 1. The summed E-state index contributed by atoms with van der Waals surface area (Å²) in [7, 11) is 1.90. The number of hydrogen-bond acceptors (Lipinski definition) is 4. The zero-order valence-corrected chi connectivity index (χ0v) is 14.7. The third kappa shape index (κ3) is 3.90. The maximum absolute atomic E-state index is 12.8. The Morgan fingerprint density at radius 2 is 2.00 bits per heavy atom. The van der Waals surface area contributed by atoms with Crippen molar-refractivity contribution in [1.82, 2.24) is 4.90 Å². The molecule has 2 fully saturated rings. The first-order chi connectivity index (χ1) is 11.7. The molecule has 0 saturated carbocycles. The van der Waals surface area contributed by atoms with Crippen LogP contribution in [0.1, 0.15) is 25.3 Å². The van der Waals surface area contributed by atoms with Gasteiger partial charge in [-0.1, -0.05) is 18.2 Å². The Hall–Kier alpha value is -1.59. The van der Waals surface area contributed by atoms with Crippen LogP contribution in [0.2, 0.25) is 0 Å². The van der Waals surface area contributed by atoms with Gasteiger partial charge in [-0.2, -0.15) is 0 Å². The summed E-state index contributed by atoms with van der Waals surface area (Å²) < 4.78 is 11.1. The third-order valence-corrected chi connectivity index (χ3v) is 5.05. The third-order valence-electron chi connectivity index (χ3n) is 5.05. The number of carbonyl (C=O) groups excluding carboxylic acids is 1. The van der Waals surface area contributed by atoms with Crippen LogP contribution in [-0.2, 0) is 20.8 Å². The molecular weight excluding hydrogens is 304 g/mol. The fraction of sp³-hybridized carbons (Fsp3) is 0.632. The molecule has 0 aliphatic carbocycles. The van der Waals surface area contributed by atoms with Crippen LogP contribution in [-0.4, -0.2) is 56.9 Å². The van der Waals surface area contributed by atoms with Gasteiger partial charge in [-0.05, 0) is 31.4 Å². The van der Waals surface area contributed by atoms with E-state index in [0.717, 1.165) is 45.8 Å². The minimum atomic E-state index is -0.0145. The lowest BCUT2D eigenvalue weighted by Gasteiger charge is -2.33. The van der Waals surface area contributed by atoms with E-state index >= 15 is 0 Å². The molecule has 0 spiro atoms. The number of amides is 1. The van der Waals surface area contributed by atoms with E-state index in [1.165, 1.54) is 11.3 Å². The van der Waals surface area contributed by atoms with Crippen molar-refractivity contribution in [2.45, 2.75) is 32.4 Å². The summed E-state index contributed by atoms with van der Waals surface area (Å²) in [6.45, 7) is 6.76. The normalized spacial score (nSPS) is 24.7. The second kappa shape index (κ2) is 7.99. The van der Waals surface area contributed by atoms with Gasteiger partial charge in [0.15, 0.2) is 0 Å². The number of nitrogens with zero attached hydrogens (tertiary/aromatic N) is 2. The zero-order valence-electron chi connectivity index (χ0n) is 14.7. The van der Waals surface area contributed by atoms with Gasteiger partial charge >= 0.3 is 0 Å². The van der Waals surface area contributed by atoms with Crippen molar-refractivity contribution in [3.05, 3.63) is 29.8 Å². The van der Waals surface area contributed by atoms with E-state index in [1.54, 1.807) is 0 Å². The molecule has 0 N–H and O–H groups in total. The monoisotopic (exact) mass is 332 g/mol. The topological polar surface area (TPSA) is 42.0 Å². The quantitative estimate of drug-likeness (QED) is 0.848. The predicted octanol–water partition coefficient (Wildman–Crippen LogP) is 2.30. The summed E-state index contributed by atoms with van der Waals surface area (Å²) in [6.07, 6.45) is 1.91. The zero-order chi connectivity index (χ0) is 16.9. The molecular formula is C19H28N2O3. The first-order valence-corrected chi connectivity index (χ1v) is 8.94. The van der Waals surface area contributed by atoms with E-state index in [-0.39, 0.29) is 17.9 Å². The average molecular weight is 332 g/mol. The Kier molecular flexibility index (Phi) is 5.74. The Morgan fingerprint density at radius 1 is 1.25 bits per heavy atom. The molecule has 1 amide bonds. The molecule has 5 nitrogen and oxygen atoms in total. The molecule has 0 aromatic heterocycles. The molecule has 2 heterocycles. The number of para-hydroxylation sites is 1. The maximum Gasteiger partial charge on any atom is 0.228 e. The van der Waals surface area contributed by atoms with Crippen LogP contribution in [0.25, 0.3) is 0 Å². The summed E-state index contributed by atoms with van der Waals surface area (Å²) in [5.41, 5.74) is 2.41. The molecule has 0 bridgehead atoms. The Labute approximate surface area is 144 Å². The van der Waals surface area contributed by atoms with Crippen LogP contribution in [0.3, 0.4) is 0 Å². The molecule has 5 heteroatoms. The molecule has 0 unspecified atom stereocenters. The number of hydrogen-bond donors (Lipinski definition) is 0. The maximum atomic E-state index is 12.8. The molecule has 1 aromatic rings. The summed E-state index contributed by atoms with van der Waals surface area (Å²) in [6, 6.07) is 8.37. The summed E-state index contributed by atoms with van der Waals surface area (Å²) in [5.74, 6) is 0.179. The molecule has 3 rings (SSSR count). The van der Waals surface area contributed by atoms with Crippen LogP contribution in [0.4, 0.5) is 5.69 Å². The van der Waals surface area contributed by atoms with Crippen LogP contribution in [0.5, 0.6) is 0 Å². The number of rotatable bonds is 4. The molecule has 1 aromatic carbocycles. The van der Waals surface area contributed by atoms with Crippen molar-refractivity contribution in [3.63, 3.8) is 0 Å². The van der Waals surface area contributed by atoms with Crippen molar-refractivity contribution >= 4 is 11.6 Å². The van der Waals surface area contributed by atoms with E-state index in [9.17, 15) is 4.79 Å². The molecule has 24 heavy (non-hydrogen) atoms. The van der Waals surface area contributed by atoms with Gasteiger partial charge in [0.05, 0.1) is 25.2 Å². The predicted molar refractivity (Wildman–Crippen MR) is 94.1 cm³/mol. The Bertz CT molecular complexity index is 557. The lowest BCUT2D eigenvalue weighted by Crippen LogP contribution is -2.41. The SMILES string of the molecule is C[C@H]1OCCC[C@@H]1C(=O)N(C)Cc1ccccc1N1CCOCC1. The van der Waals surface area contributed by atoms with Crippen molar-refractivity contribution in [2.24, 2.45) is 5.92 Å². The number of anilines is 1. The highest BCUT2D eigenvalue weighted by Gasteiger charge is 2.31. The minimum Gasteiger partial charge on any atom is -0.378 e. The molecule has 2 aliphatic rings. The standard InChI is InChI=1S/C19H28N2O3/c1-15-17(7-5-11-24-15)19(22)20(2)14-16-6-3-4-8-18(16)21-9-12-23-13-10-21/h3-4,6,8,15,17H,5,7,9-14H2,1-2H3/t15-,17+/m1/s1. The second-order valence-corrected chi connectivity index (χ2v) is 6.75. The van der Waals surface area contributed by atoms with Gasteiger partial charge in [0, 0.05) is 39.0 Å². The average Bonchev–Trinajstić information content (AvgIpc) is 2.63. The van der Waals surface area contributed by atoms with E-state index in [4.69, 9.17) is 9.47 Å². The van der Waals surface area contributed by atoms with E-state index in [0.29, 0.717) is 6.54 Å². The van der Waals surface area contributed by atoms with Gasteiger partial charge in [0.2, 0.25) is 5.91 Å². The highest BCUT2D eigenvalue weighted by atomic mass is 16.5. The van der Waals surface area contributed by atoms with Gasteiger partial charge in [0.1, 0.15) is 0 Å². The molecule has 2 atom stereocenters. The van der Waals surface area contributed by atoms with E-state index in [2.05, 4.69) is 23.1 Å². The van der Waals surface area contributed by atoms with Gasteiger partial charge in [-0.3, -0.25) is 4.79 Å². The number of carbonyl (C=O) groups is 1. The van der Waals surface area contributed by atoms with E-state index < -0.39 is 0 Å². The Balaban J connectivity index is 1.69. The number of ether oxygens (including phenoxy) is 2. The second-order valence-electron chi connectivity index (χ2n) is 6.75. The van der Waals surface area contributed by atoms with Crippen LogP contribution >= 0.6 is 0 Å². The molecule has 0 radical (unpaired) electrons. The van der Waals surface area contributed by atoms with E-state index in [1.807, 2.05) is 24.9 Å². The van der Waals surface area contributed by atoms with Gasteiger partial charge < -0.3 is 19.3 Å². The van der Waals surface area contributed by atoms with Crippen molar-refractivity contribution in [1.29, 1.82) is 0 Å². The fourth-order valence-electron chi connectivity index (χ4n) is 3.62. The summed E-state index contributed by atoms with van der Waals surface area (Å²) >= 11 is 0. The highest BCUT2D eigenvalue weighted by molar-refractivity contribution is 5.79. The van der Waals surface area contributed by atoms with Crippen molar-refractivity contribution in [2.75, 3.05) is 44.9 Å². The Morgan fingerprint density at radius 3 is 2.75 bits per heavy atom. The first-order valence-electron chi connectivity index (χ1n) is 8.94. The largest absolute Gasteiger partial charge is 0.378 e. The highest BCUT2D eigenvalue weighted by Crippen LogP contribution is 2.26. The van der Waals surface area contributed by atoms with Crippen molar-refractivity contribution < 1.29 is 14.3 Å². The van der Waals surface area contributed by atoms with Crippen LogP contribution in [0, 0.1) is 5.92 Å². The van der Waals surface area contributed by atoms with Gasteiger partial charge in [0.25, 0.3) is 0 Å². The molecule has 132 valence electrons. The van der Waals surface area contributed by atoms with Gasteiger partial charge in [-0.25, -0.2) is 0 Å². The fourth-order valence-corrected chi connectivity index (χ4v) is 3.62.